The molecule has 3 atom stereocenters. The van der Waals surface area contributed by atoms with Gasteiger partial charge in [-0.15, -0.1) is 0 Å². The maximum Gasteiger partial charge on any atom is 0.138 e. The van der Waals surface area contributed by atoms with E-state index in [4.69, 9.17) is 5.73 Å². The molecule has 1 fully saturated rings. The van der Waals surface area contributed by atoms with Crippen molar-refractivity contribution in [2.24, 2.45) is 12.8 Å². The molecule has 1 aliphatic rings. The molecule has 2 heterocycles. The number of hydrogen-bond acceptors (Lipinski definition) is 5. The van der Waals surface area contributed by atoms with Gasteiger partial charge in [-0.2, -0.15) is 28.6 Å². The van der Waals surface area contributed by atoms with Gasteiger partial charge in [-0.3, -0.25) is 4.68 Å². The monoisotopic (exact) mass is 272 g/mol. The summed E-state index contributed by atoms with van der Waals surface area (Å²) in [7, 11) is 1.93. The average molecular weight is 272 g/mol. The normalized spacial score (nSPS) is 27.0. The second-order valence-corrected chi connectivity index (χ2v) is 6.95. The van der Waals surface area contributed by atoms with Crippen LogP contribution in [0.4, 0.5) is 0 Å². The van der Waals surface area contributed by atoms with Crippen LogP contribution in [-0.2, 0) is 13.5 Å². The summed E-state index contributed by atoms with van der Waals surface area (Å²) in [5, 5.41) is 5.33. The molecule has 1 aromatic heterocycles. The minimum absolute atomic E-state index is 0.181. The molecule has 1 aromatic rings. The minimum Gasteiger partial charge on any atom is -0.326 e. The van der Waals surface area contributed by atoms with Crippen molar-refractivity contribution in [3.8, 4) is 0 Å². The largest absolute Gasteiger partial charge is 0.326 e. The maximum atomic E-state index is 6.36. The van der Waals surface area contributed by atoms with Crippen LogP contribution in [0.1, 0.15) is 19.2 Å². The fraction of sp³-hybridized carbons (Fsp3) is 0.818. The minimum atomic E-state index is 0.181. The molecule has 0 bridgehead atoms. The van der Waals surface area contributed by atoms with E-state index in [1.165, 1.54) is 17.9 Å². The van der Waals surface area contributed by atoms with Crippen molar-refractivity contribution in [3.05, 3.63) is 12.2 Å². The molecule has 2 N–H and O–H groups in total. The third-order valence-electron chi connectivity index (χ3n) is 3.14. The molecular formula is C11H20N4S2. The highest BCUT2D eigenvalue weighted by atomic mass is 32.2. The van der Waals surface area contributed by atoms with Crippen LogP contribution in [0.5, 0.6) is 0 Å². The summed E-state index contributed by atoms with van der Waals surface area (Å²) < 4.78 is 1.82. The number of rotatable bonds is 4. The fourth-order valence-corrected chi connectivity index (χ4v) is 5.36. The highest BCUT2D eigenvalue weighted by molar-refractivity contribution is 8.07. The Labute approximate surface area is 111 Å². The van der Waals surface area contributed by atoms with Gasteiger partial charge >= 0.3 is 0 Å². The lowest BCUT2D eigenvalue weighted by molar-refractivity contribution is 0.563. The van der Waals surface area contributed by atoms with E-state index in [-0.39, 0.29) is 6.04 Å². The van der Waals surface area contributed by atoms with E-state index in [2.05, 4.69) is 28.8 Å². The van der Waals surface area contributed by atoms with E-state index >= 15 is 0 Å². The number of nitrogens with zero attached hydrogens (tertiary/aromatic N) is 3. The van der Waals surface area contributed by atoms with Gasteiger partial charge in [0.25, 0.3) is 0 Å². The molecule has 4 nitrogen and oxygen atoms in total. The van der Waals surface area contributed by atoms with Gasteiger partial charge in [0.15, 0.2) is 0 Å². The third kappa shape index (κ3) is 3.17. The summed E-state index contributed by atoms with van der Waals surface area (Å²) in [4.78, 5) is 4.26. The number of aryl methyl sites for hydroxylation is 1. The lowest BCUT2D eigenvalue weighted by Crippen LogP contribution is -2.43. The van der Waals surface area contributed by atoms with Crippen LogP contribution in [0.3, 0.4) is 0 Å². The fourth-order valence-electron chi connectivity index (χ4n) is 2.17. The molecule has 0 spiro atoms. The van der Waals surface area contributed by atoms with Gasteiger partial charge in [0.1, 0.15) is 12.2 Å². The molecule has 17 heavy (non-hydrogen) atoms. The van der Waals surface area contributed by atoms with E-state index in [1.807, 2.05) is 23.5 Å². The quantitative estimate of drug-likeness (QED) is 0.895. The first-order valence-electron chi connectivity index (χ1n) is 6.04. The molecule has 3 unspecified atom stereocenters. The van der Waals surface area contributed by atoms with Gasteiger partial charge in [-0.25, -0.2) is 4.98 Å². The first-order valence-corrected chi connectivity index (χ1v) is 8.13. The van der Waals surface area contributed by atoms with Crippen molar-refractivity contribution in [3.63, 3.8) is 0 Å². The summed E-state index contributed by atoms with van der Waals surface area (Å²) in [6.07, 6.45) is 3.63. The maximum absolute atomic E-state index is 6.36. The van der Waals surface area contributed by atoms with Crippen LogP contribution in [-0.4, -0.2) is 42.8 Å². The zero-order valence-electron chi connectivity index (χ0n) is 10.4. The number of thioether (sulfide) groups is 2. The van der Waals surface area contributed by atoms with Gasteiger partial charge in [-0.05, 0) is 6.42 Å². The van der Waals surface area contributed by atoms with E-state index in [9.17, 15) is 0 Å². The lowest BCUT2D eigenvalue weighted by atomic mass is 10.1. The Morgan fingerprint density at radius 3 is 2.94 bits per heavy atom. The van der Waals surface area contributed by atoms with Crippen molar-refractivity contribution < 1.29 is 0 Å². The predicted octanol–water partition coefficient (Wildman–Crippen LogP) is 1.31. The zero-order chi connectivity index (χ0) is 12.3. The second-order valence-electron chi connectivity index (χ2n) is 4.32. The molecule has 0 aliphatic carbocycles. The van der Waals surface area contributed by atoms with Crippen molar-refractivity contribution in [1.82, 2.24) is 14.8 Å². The van der Waals surface area contributed by atoms with Gasteiger partial charge in [0, 0.05) is 41.5 Å². The molecular weight excluding hydrogens is 252 g/mol. The van der Waals surface area contributed by atoms with Crippen molar-refractivity contribution in [1.29, 1.82) is 0 Å². The van der Waals surface area contributed by atoms with Gasteiger partial charge in [0.2, 0.25) is 0 Å². The zero-order valence-corrected chi connectivity index (χ0v) is 12.0. The Balaban J connectivity index is 1.98. The van der Waals surface area contributed by atoms with E-state index in [0.717, 1.165) is 12.2 Å². The van der Waals surface area contributed by atoms with Crippen molar-refractivity contribution in [2.75, 3.05) is 11.5 Å². The summed E-state index contributed by atoms with van der Waals surface area (Å²) in [6.45, 7) is 2.26. The third-order valence-corrected chi connectivity index (χ3v) is 6.57. The highest BCUT2D eigenvalue weighted by Crippen LogP contribution is 2.35. The molecule has 1 aliphatic heterocycles. The van der Waals surface area contributed by atoms with Gasteiger partial charge < -0.3 is 5.73 Å². The average Bonchev–Trinajstić information content (AvgIpc) is 2.75. The Morgan fingerprint density at radius 1 is 1.53 bits per heavy atom. The summed E-state index contributed by atoms with van der Waals surface area (Å²) in [6, 6.07) is 0.181. The molecule has 0 saturated carbocycles. The molecule has 0 amide bonds. The molecule has 0 aromatic carbocycles. The van der Waals surface area contributed by atoms with Gasteiger partial charge in [0.05, 0.1) is 0 Å². The Bertz CT molecular complexity index is 355. The SMILES string of the molecule is CCC1SCCSC1C(N)Cc1ncnn1C. The van der Waals surface area contributed by atoms with Crippen LogP contribution in [0.25, 0.3) is 0 Å². The van der Waals surface area contributed by atoms with Crippen LogP contribution < -0.4 is 5.73 Å². The van der Waals surface area contributed by atoms with Crippen LogP contribution in [0, 0.1) is 0 Å². The van der Waals surface area contributed by atoms with E-state index in [1.54, 1.807) is 6.33 Å². The number of hydrogen-bond donors (Lipinski definition) is 1. The molecule has 2 rings (SSSR count). The molecule has 96 valence electrons. The Hall–Kier alpha value is -0.200. The number of nitrogens with two attached hydrogens (primary N) is 1. The highest BCUT2D eigenvalue weighted by Gasteiger charge is 2.30. The Kier molecular flexibility index (Phi) is 4.76. The number of aromatic nitrogens is 3. The standard InChI is InChI=1S/C11H20N4S2/c1-3-9-11(17-5-4-16-9)8(12)6-10-13-7-14-15(10)2/h7-9,11H,3-6,12H2,1-2H3. The van der Waals surface area contributed by atoms with Crippen molar-refractivity contribution in [2.45, 2.75) is 36.3 Å². The van der Waals surface area contributed by atoms with Crippen LogP contribution in [0.15, 0.2) is 6.33 Å². The first-order chi connectivity index (χ1) is 8.22. The van der Waals surface area contributed by atoms with Gasteiger partial charge in [-0.1, -0.05) is 6.92 Å². The van der Waals surface area contributed by atoms with E-state index in [0.29, 0.717) is 10.5 Å². The summed E-state index contributed by atoms with van der Waals surface area (Å²) >= 11 is 4.10. The molecule has 0 radical (unpaired) electrons. The van der Waals surface area contributed by atoms with Crippen molar-refractivity contribution >= 4 is 23.5 Å². The first kappa shape index (κ1) is 13.2. The topological polar surface area (TPSA) is 56.7 Å². The van der Waals surface area contributed by atoms with Crippen LogP contribution in [0.2, 0.25) is 0 Å². The predicted molar refractivity (Wildman–Crippen MR) is 75.5 cm³/mol. The lowest BCUT2D eigenvalue weighted by Gasteiger charge is -2.33. The van der Waals surface area contributed by atoms with Crippen LogP contribution >= 0.6 is 23.5 Å². The summed E-state index contributed by atoms with van der Waals surface area (Å²) in [5.41, 5.74) is 6.36. The molecule has 6 heteroatoms. The smallest absolute Gasteiger partial charge is 0.138 e. The summed E-state index contributed by atoms with van der Waals surface area (Å²) in [5.74, 6) is 3.47. The molecule has 1 saturated heterocycles. The van der Waals surface area contributed by atoms with E-state index < -0.39 is 0 Å². The second kappa shape index (κ2) is 6.11. The Morgan fingerprint density at radius 2 is 2.29 bits per heavy atom.